The Morgan fingerprint density at radius 3 is 1.40 bits per heavy atom. The lowest BCUT2D eigenvalue weighted by Gasteiger charge is -1.85. The van der Waals surface area contributed by atoms with Gasteiger partial charge in [-0.25, -0.2) is 0 Å². The Hall–Kier alpha value is -1.38. The van der Waals surface area contributed by atoms with Crippen LogP contribution in [0.25, 0.3) is 0 Å². The average Bonchev–Trinajstić information content (AvgIpc) is 2.38. The van der Waals surface area contributed by atoms with Gasteiger partial charge in [-0.3, -0.25) is 10.1 Å². The van der Waals surface area contributed by atoms with Gasteiger partial charge in [-0.2, -0.15) is 0 Å². The fourth-order valence-electron chi connectivity index (χ4n) is 0.550. The molecule has 0 aromatic heterocycles. The molecular weight excluding hydrogens is 190 g/mol. The lowest BCUT2D eigenvalue weighted by atomic mass is 10.3. The van der Waals surface area contributed by atoms with Gasteiger partial charge in [0.25, 0.3) is 5.69 Å². The molecule has 15 heavy (non-hydrogen) atoms. The van der Waals surface area contributed by atoms with Crippen LogP contribution in [0.2, 0.25) is 0 Å². The van der Waals surface area contributed by atoms with E-state index in [0.717, 1.165) is 0 Å². The van der Waals surface area contributed by atoms with E-state index in [0.29, 0.717) is 0 Å². The quantitative estimate of drug-likeness (QED) is 0.502. The maximum atomic E-state index is 10.0. The average molecular weight is 213 g/mol. The van der Waals surface area contributed by atoms with Gasteiger partial charge in [-0.05, 0) is 0 Å². The smallest absolute Gasteiger partial charge is 0.258 e. The van der Waals surface area contributed by atoms with Gasteiger partial charge in [0.2, 0.25) is 0 Å². The van der Waals surface area contributed by atoms with Crippen LogP contribution in [0.1, 0.15) is 41.5 Å². The molecule has 0 radical (unpaired) electrons. The number of rotatable bonds is 1. The molecule has 0 saturated heterocycles. The summed E-state index contributed by atoms with van der Waals surface area (Å²) >= 11 is 0. The Morgan fingerprint density at radius 1 is 0.867 bits per heavy atom. The molecule has 0 fully saturated rings. The number of nitro benzene ring substituents is 1. The van der Waals surface area contributed by atoms with Crippen LogP contribution in [0.5, 0.6) is 0 Å². The maximum Gasteiger partial charge on any atom is 0.269 e. The van der Waals surface area contributed by atoms with Gasteiger partial charge in [-0.15, -0.1) is 0 Å². The number of nitrogens with zero attached hydrogens (tertiary/aromatic N) is 1. The lowest BCUT2D eigenvalue weighted by molar-refractivity contribution is -0.384. The van der Waals surface area contributed by atoms with E-state index in [1.54, 1.807) is 18.2 Å². The fraction of sp³-hybridized carbons (Fsp3) is 0.500. The molecule has 0 atom stereocenters. The monoisotopic (exact) mass is 213 g/mol. The molecule has 0 saturated carbocycles. The van der Waals surface area contributed by atoms with Crippen molar-refractivity contribution in [3.05, 3.63) is 40.4 Å². The van der Waals surface area contributed by atoms with Gasteiger partial charge in [0.1, 0.15) is 0 Å². The zero-order valence-corrected chi connectivity index (χ0v) is 10.7. The van der Waals surface area contributed by atoms with E-state index in [2.05, 4.69) is 0 Å². The Kier molecular flexibility index (Phi) is 23.6. The van der Waals surface area contributed by atoms with E-state index in [9.17, 15) is 10.1 Å². The van der Waals surface area contributed by atoms with Crippen molar-refractivity contribution in [2.24, 2.45) is 0 Å². The normalized spacial score (nSPS) is 6.53. The topological polar surface area (TPSA) is 43.1 Å². The predicted molar refractivity (Wildman–Crippen MR) is 67.1 cm³/mol. The van der Waals surface area contributed by atoms with Gasteiger partial charge in [0.05, 0.1) is 4.92 Å². The SMILES string of the molecule is CC.CC.CC.O=[N+]([O-])c1ccccc1. The molecule has 0 spiro atoms. The lowest BCUT2D eigenvalue weighted by Crippen LogP contribution is -1.84. The van der Waals surface area contributed by atoms with Crippen molar-refractivity contribution in [1.29, 1.82) is 0 Å². The fourth-order valence-corrected chi connectivity index (χ4v) is 0.550. The van der Waals surface area contributed by atoms with E-state index in [1.807, 2.05) is 41.5 Å². The largest absolute Gasteiger partial charge is 0.269 e. The van der Waals surface area contributed by atoms with Crippen molar-refractivity contribution in [2.75, 3.05) is 0 Å². The first-order valence-electron chi connectivity index (χ1n) is 5.50. The first-order chi connectivity index (χ1) is 7.30. The number of non-ortho nitro benzene ring substituents is 1. The third kappa shape index (κ3) is 12.6. The number of para-hydroxylation sites is 1. The second kappa shape index (κ2) is 18.4. The summed E-state index contributed by atoms with van der Waals surface area (Å²) in [7, 11) is 0. The van der Waals surface area contributed by atoms with Crippen LogP contribution in [-0.2, 0) is 0 Å². The molecular formula is C12H23NO2. The minimum absolute atomic E-state index is 0.137. The van der Waals surface area contributed by atoms with Gasteiger partial charge in [0, 0.05) is 12.1 Å². The highest BCUT2D eigenvalue weighted by molar-refractivity contribution is 5.27. The van der Waals surface area contributed by atoms with E-state index in [4.69, 9.17) is 0 Å². The molecule has 0 bridgehead atoms. The number of hydrogen-bond donors (Lipinski definition) is 0. The molecule has 0 aliphatic rings. The van der Waals surface area contributed by atoms with E-state index < -0.39 is 4.92 Å². The Balaban J connectivity index is -0.000000208. The van der Waals surface area contributed by atoms with Gasteiger partial charge < -0.3 is 0 Å². The molecule has 0 aliphatic carbocycles. The number of benzene rings is 1. The second-order valence-electron chi connectivity index (χ2n) is 1.59. The van der Waals surface area contributed by atoms with Gasteiger partial charge >= 0.3 is 0 Å². The van der Waals surface area contributed by atoms with E-state index in [1.165, 1.54) is 12.1 Å². The molecule has 0 unspecified atom stereocenters. The van der Waals surface area contributed by atoms with Crippen molar-refractivity contribution in [2.45, 2.75) is 41.5 Å². The molecule has 3 nitrogen and oxygen atoms in total. The zero-order valence-electron chi connectivity index (χ0n) is 10.7. The van der Waals surface area contributed by atoms with Crippen LogP contribution in [0.4, 0.5) is 5.69 Å². The van der Waals surface area contributed by atoms with Crippen LogP contribution < -0.4 is 0 Å². The third-order valence-electron chi connectivity index (χ3n) is 0.967. The molecule has 0 heterocycles. The standard InChI is InChI=1S/C6H5NO2.3C2H6/c8-7(9)6-4-2-1-3-5-6;3*1-2/h1-5H;3*1-2H3. The third-order valence-corrected chi connectivity index (χ3v) is 0.967. The minimum atomic E-state index is -0.417. The first-order valence-corrected chi connectivity index (χ1v) is 5.50. The van der Waals surface area contributed by atoms with Gasteiger partial charge in [-0.1, -0.05) is 59.7 Å². The Morgan fingerprint density at radius 2 is 1.20 bits per heavy atom. The van der Waals surface area contributed by atoms with Crippen molar-refractivity contribution in [3.63, 3.8) is 0 Å². The molecule has 3 heteroatoms. The molecule has 0 aliphatic heterocycles. The van der Waals surface area contributed by atoms with Crippen LogP contribution in [0.3, 0.4) is 0 Å². The van der Waals surface area contributed by atoms with Gasteiger partial charge in [0.15, 0.2) is 0 Å². The Bertz CT molecular complexity index is 210. The predicted octanol–water partition coefficient (Wildman–Crippen LogP) is 4.67. The zero-order chi connectivity index (χ0) is 12.7. The summed E-state index contributed by atoms with van der Waals surface area (Å²) in [4.78, 5) is 9.59. The summed E-state index contributed by atoms with van der Waals surface area (Å²) < 4.78 is 0. The van der Waals surface area contributed by atoms with Crippen molar-refractivity contribution < 1.29 is 4.92 Å². The van der Waals surface area contributed by atoms with E-state index in [-0.39, 0.29) is 5.69 Å². The van der Waals surface area contributed by atoms with Crippen LogP contribution >= 0.6 is 0 Å². The van der Waals surface area contributed by atoms with Crippen LogP contribution in [0, 0.1) is 10.1 Å². The summed E-state index contributed by atoms with van der Waals surface area (Å²) in [5, 5.41) is 10.0. The van der Waals surface area contributed by atoms with Crippen molar-refractivity contribution in [1.82, 2.24) is 0 Å². The summed E-state index contributed by atoms with van der Waals surface area (Å²) in [5.41, 5.74) is 0.137. The molecule has 0 N–H and O–H groups in total. The molecule has 1 aromatic rings. The highest BCUT2D eigenvalue weighted by Crippen LogP contribution is 2.06. The number of hydrogen-bond acceptors (Lipinski definition) is 2. The summed E-state index contributed by atoms with van der Waals surface area (Å²) in [5.74, 6) is 0. The Labute approximate surface area is 93.3 Å². The summed E-state index contributed by atoms with van der Waals surface area (Å²) in [6.45, 7) is 12.0. The molecule has 88 valence electrons. The highest BCUT2D eigenvalue weighted by atomic mass is 16.6. The molecule has 1 aromatic carbocycles. The highest BCUT2D eigenvalue weighted by Gasteiger charge is 1.98. The summed E-state index contributed by atoms with van der Waals surface area (Å²) in [6.07, 6.45) is 0. The van der Waals surface area contributed by atoms with Crippen molar-refractivity contribution in [3.8, 4) is 0 Å². The van der Waals surface area contributed by atoms with Crippen LogP contribution in [0.15, 0.2) is 30.3 Å². The first kappa shape index (κ1) is 19.2. The molecule has 1 rings (SSSR count). The summed E-state index contributed by atoms with van der Waals surface area (Å²) in [6, 6.07) is 7.93. The minimum Gasteiger partial charge on any atom is -0.258 e. The van der Waals surface area contributed by atoms with Crippen LogP contribution in [-0.4, -0.2) is 4.92 Å². The van der Waals surface area contributed by atoms with E-state index >= 15 is 0 Å². The maximum absolute atomic E-state index is 10.0. The molecule has 0 amide bonds. The number of nitro groups is 1. The van der Waals surface area contributed by atoms with Crippen molar-refractivity contribution >= 4 is 5.69 Å². The second-order valence-corrected chi connectivity index (χ2v) is 1.59.